The third-order valence-corrected chi connectivity index (χ3v) is 1.82. The summed E-state index contributed by atoms with van der Waals surface area (Å²) in [5, 5.41) is 10.4. The Labute approximate surface area is 68.7 Å². The Hall–Kier alpha value is -1.71. The number of benzene rings is 1. The Morgan fingerprint density at radius 1 is 1.50 bits per heavy atom. The lowest BCUT2D eigenvalue weighted by Gasteiger charge is -1.95. The Morgan fingerprint density at radius 2 is 2.33 bits per heavy atom. The van der Waals surface area contributed by atoms with Crippen molar-refractivity contribution in [1.29, 1.82) is 0 Å². The summed E-state index contributed by atoms with van der Waals surface area (Å²) in [4.78, 5) is 14.0. The lowest BCUT2D eigenvalue weighted by atomic mass is 10.1. The standard InChI is InChI=1S/C8H6N2O2/c11-10(12)7-2-1-6-3-4-9-8(6)5-7/h1-2,4-5H,3H2. The largest absolute Gasteiger partial charge is 0.271 e. The first-order chi connectivity index (χ1) is 5.77. The fraction of sp³-hybridized carbons (Fsp3) is 0.125. The Morgan fingerprint density at radius 3 is 3.08 bits per heavy atom. The van der Waals surface area contributed by atoms with Gasteiger partial charge >= 0.3 is 0 Å². The number of nitrogens with zero attached hydrogens (tertiary/aromatic N) is 2. The zero-order valence-corrected chi connectivity index (χ0v) is 6.23. The average molecular weight is 162 g/mol. The topological polar surface area (TPSA) is 55.5 Å². The third-order valence-electron chi connectivity index (χ3n) is 1.82. The number of fused-ring (bicyclic) bond motifs is 1. The first kappa shape index (κ1) is 6.97. The second-order valence-corrected chi connectivity index (χ2v) is 2.59. The van der Waals surface area contributed by atoms with Crippen LogP contribution in [0.2, 0.25) is 0 Å². The summed E-state index contributed by atoms with van der Waals surface area (Å²) in [7, 11) is 0. The van der Waals surface area contributed by atoms with Crippen LogP contribution in [0, 0.1) is 10.1 Å². The molecule has 0 amide bonds. The average Bonchev–Trinajstić information content (AvgIpc) is 2.49. The van der Waals surface area contributed by atoms with Gasteiger partial charge in [0.15, 0.2) is 0 Å². The number of aliphatic imine (C=N–C) groups is 1. The first-order valence-electron chi connectivity index (χ1n) is 3.57. The predicted molar refractivity (Wildman–Crippen MR) is 45.0 cm³/mol. The molecule has 1 aliphatic rings. The molecule has 0 fully saturated rings. The van der Waals surface area contributed by atoms with Crippen molar-refractivity contribution in [2.24, 2.45) is 4.99 Å². The smallest absolute Gasteiger partial charge is 0.260 e. The van der Waals surface area contributed by atoms with Gasteiger partial charge in [0, 0.05) is 24.8 Å². The molecule has 12 heavy (non-hydrogen) atoms. The highest BCUT2D eigenvalue weighted by Gasteiger charge is 2.11. The molecule has 0 spiro atoms. The van der Waals surface area contributed by atoms with Crippen molar-refractivity contribution in [3.05, 3.63) is 33.9 Å². The number of rotatable bonds is 1. The molecule has 1 heterocycles. The fourth-order valence-electron chi connectivity index (χ4n) is 1.20. The maximum Gasteiger partial charge on any atom is 0.271 e. The van der Waals surface area contributed by atoms with Crippen LogP contribution in [0.25, 0.3) is 0 Å². The van der Waals surface area contributed by atoms with Crippen LogP contribution in [0.15, 0.2) is 23.2 Å². The fourth-order valence-corrected chi connectivity index (χ4v) is 1.20. The number of non-ortho nitro benzene ring substituents is 1. The van der Waals surface area contributed by atoms with Gasteiger partial charge in [-0.3, -0.25) is 15.1 Å². The van der Waals surface area contributed by atoms with Crippen LogP contribution in [0.3, 0.4) is 0 Å². The zero-order valence-electron chi connectivity index (χ0n) is 6.23. The van der Waals surface area contributed by atoms with Gasteiger partial charge in [0.1, 0.15) is 0 Å². The number of hydrogen-bond donors (Lipinski definition) is 0. The van der Waals surface area contributed by atoms with Crippen LogP contribution < -0.4 is 0 Å². The van der Waals surface area contributed by atoms with Crippen molar-refractivity contribution < 1.29 is 4.92 Å². The maximum atomic E-state index is 10.4. The molecule has 60 valence electrons. The highest BCUT2D eigenvalue weighted by atomic mass is 16.6. The highest BCUT2D eigenvalue weighted by molar-refractivity contribution is 5.76. The predicted octanol–water partition coefficient (Wildman–Crippen LogP) is 1.85. The summed E-state index contributed by atoms with van der Waals surface area (Å²) in [6, 6.07) is 4.76. The van der Waals surface area contributed by atoms with Gasteiger partial charge in [0.2, 0.25) is 0 Å². The summed E-state index contributed by atoms with van der Waals surface area (Å²) in [6.45, 7) is 0. The monoisotopic (exact) mass is 162 g/mol. The summed E-state index contributed by atoms with van der Waals surface area (Å²) in [5.74, 6) is 0. The SMILES string of the molecule is O=[N+]([O-])c1ccc2c(c1)N=CC2. The molecule has 0 saturated carbocycles. The molecule has 1 aromatic rings. The van der Waals surface area contributed by atoms with Crippen LogP contribution in [-0.2, 0) is 6.42 Å². The van der Waals surface area contributed by atoms with Crippen molar-refractivity contribution in [2.45, 2.75) is 6.42 Å². The van der Waals surface area contributed by atoms with Crippen LogP contribution in [0.1, 0.15) is 5.56 Å². The van der Waals surface area contributed by atoms with E-state index in [-0.39, 0.29) is 5.69 Å². The van der Waals surface area contributed by atoms with Gasteiger partial charge in [-0.15, -0.1) is 0 Å². The van der Waals surface area contributed by atoms with E-state index in [0.29, 0.717) is 0 Å². The van der Waals surface area contributed by atoms with Gasteiger partial charge in [0.05, 0.1) is 10.6 Å². The molecule has 0 aromatic heterocycles. The van der Waals surface area contributed by atoms with Crippen LogP contribution in [0.5, 0.6) is 0 Å². The summed E-state index contributed by atoms with van der Waals surface area (Å²) >= 11 is 0. The third kappa shape index (κ3) is 0.972. The quantitative estimate of drug-likeness (QED) is 0.467. The van der Waals surface area contributed by atoms with Crippen LogP contribution in [0.4, 0.5) is 11.4 Å². The lowest BCUT2D eigenvalue weighted by molar-refractivity contribution is -0.384. The summed E-state index contributed by atoms with van der Waals surface area (Å²) in [5.41, 5.74) is 1.89. The second kappa shape index (κ2) is 2.41. The van der Waals surface area contributed by atoms with Crippen LogP contribution in [-0.4, -0.2) is 11.1 Å². The molecule has 0 unspecified atom stereocenters. The van der Waals surface area contributed by atoms with E-state index >= 15 is 0 Å². The number of hydrogen-bond acceptors (Lipinski definition) is 3. The molecule has 0 radical (unpaired) electrons. The van der Waals surface area contributed by atoms with E-state index in [9.17, 15) is 10.1 Å². The van der Waals surface area contributed by atoms with Crippen molar-refractivity contribution in [2.75, 3.05) is 0 Å². The molecule has 0 bridgehead atoms. The van der Waals surface area contributed by atoms with Crippen molar-refractivity contribution >= 4 is 17.6 Å². The zero-order chi connectivity index (χ0) is 8.55. The summed E-state index contributed by atoms with van der Waals surface area (Å²) in [6.07, 6.45) is 2.54. The van der Waals surface area contributed by atoms with Gasteiger partial charge in [-0.05, 0) is 11.6 Å². The normalized spacial score (nSPS) is 13.0. The van der Waals surface area contributed by atoms with Crippen molar-refractivity contribution in [1.82, 2.24) is 0 Å². The number of nitro benzene ring substituents is 1. The molecular formula is C8H6N2O2. The van der Waals surface area contributed by atoms with Crippen LogP contribution >= 0.6 is 0 Å². The van der Waals surface area contributed by atoms with Crippen molar-refractivity contribution in [3.8, 4) is 0 Å². The molecule has 4 heteroatoms. The lowest BCUT2D eigenvalue weighted by Crippen LogP contribution is -1.87. The summed E-state index contributed by atoms with van der Waals surface area (Å²) < 4.78 is 0. The molecular weight excluding hydrogens is 156 g/mol. The molecule has 1 aliphatic heterocycles. The molecule has 4 nitrogen and oxygen atoms in total. The van der Waals surface area contributed by atoms with E-state index < -0.39 is 4.92 Å². The first-order valence-corrected chi connectivity index (χ1v) is 3.57. The number of nitro groups is 1. The minimum Gasteiger partial charge on any atom is -0.260 e. The van der Waals surface area contributed by atoms with Gasteiger partial charge in [-0.2, -0.15) is 0 Å². The van der Waals surface area contributed by atoms with E-state index in [1.165, 1.54) is 12.1 Å². The Balaban J connectivity index is 2.51. The molecule has 0 N–H and O–H groups in total. The van der Waals surface area contributed by atoms with E-state index in [2.05, 4.69) is 4.99 Å². The Bertz CT molecular complexity index is 371. The van der Waals surface area contributed by atoms with Gasteiger partial charge in [0.25, 0.3) is 5.69 Å². The molecule has 2 rings (SSSR count). The van der Waals surface area contributed by atoms with Gasteiger partial charge in [-0.1, -0.05) is 0 Å². The van der Waals surface area contributed by atoms with Gasteiger partial charge < -0.3 is 0 Å². The molecule has 0 atom stereocenters. The van der Waals surface area contributed by atoms with Crippen molar-refractivity contribution in [3.63, 3.8) is 0 Å². The van der Waals surface area contributed by atoms with Gasteiger partial charge in [-0.25, -0.2) is 0 Å². The van der Waals surface area contributed by atoms with E-state index in [0.717, 1.165) is 17.7 Å². The Kier molecular flexibility index (Phi) is 1.40. The molecule has 1 aromatic carbocycles. The minimum absolute atomic E-state index is 0.104. The maximum absolute atomic E-state index is 10.4. The minimum atomic E-state index is -0.409. The van der Waals surface area contributed by atoms with E-state index in [4.69, 9.17) is 0 Å². The van der Waals surface area contributed by atoms with E-state index in [1.54, 1.807) is 12.3 Å². The highest BCUT2D eigenvalue weighted by Crippen LogP contribution is 2.28. The van der Waals surface area contributed by atoms with E-state index in [1.807, 2.05) is 0 Å². The molecule has 0 saturated heterocycles. The molecule has 0 aliphatic carbocycles. The second-order valence-electron chi connectivity index (χ2n) is 2.59.